The summed E-state index contributed by atoms with van der Waals surface area (Å²) in [6.07, 6.45) is 2.77. The van der Waals surface area contributed by atoms with Gasteiger partial charge in [-0.3, -0.25) is 4.79 Å². The number of nitrogens with one attached hydrogen (secondary N) is 2. The first-order valence-corrected chi connectivity index (χ1v) is 8.16. The third kappa shape index (κ3) is 4.50. The average molecular weight is 356 g/mol. The summed E-state index contributed by atoms with van der Waals surface area (Å²) >= 11 is 1.45. The summed E-state index contributed by atoms with van der Waals surface area (Å²) < 4.78 is 13.8. The number of carbonyl (C=O) groups is 1. The van der Waals surface area contributed by atoms with Gasteiger partial charge in [0.15, 0.2) is 5.13 Å². The van der Waals surface area contributed by atoms with E-state index in [0.29, 0.717) is 23.0 Å². The summed E-state index contributed by atoms with van der Waals surface area (Å²) in [7, 11) is 1.72. The van der Waals surface area contributed by atoms with E-state index < -0.39 is 0 Å². The fourth-order valence-corrected chi connectivity index (χ4v) is 3.44. The van der Waals surface area contributed by atoms with Gasteiger partial charge in [-0.2, -0.15) is 0 Å². The lowest BCUT2D eigenvalue weighted by Crippen LogP contribution is -2.24. The van der Waals surface area contributed by atoms with Crippen LogP contribution in [0.15, 0.2) is 24.3 Å². The maximum atomic E-state index is 13.8. The van der Waals surface area contributed by atoms with Crippen LogP contribution in [0.5, 0.6) is 0 Å². The van der Waals surface area contributed by atoms with Crippen molar-refractivity contribution >= 4 is 34.8 Å². The molecule has 1 aliphatic carbocycles. The van der Waals surface area contributed by atoms with E-state index >= 15 is 0 Å². The average Bonchev–Trinajstić information content (AvgIpc) is 3.25. The van der Waals surface area contributed by atoms with Crippen LogP contribution in [-0.4, -0.2) is 24.5 Å². The first-order chi connectivity index (χ1) is 10.7. The number of carbonyl (C=O) groups excluding carboxylic acids is 1. The van der Waals surface area contributed by atoms with E-state index in [1.807, 2.05) is 6.07 Å². The normalized spacial score (nSPS) is 13.5. The molecule has 1 amide bonds. The van der Waals surface area contributed by atoms with Gasteiger partial charge < -0.3 is 10.6 Å². The summed E-state index contributed by atoms with van der Waals surface area (Å²) in [5, 5.41) is 6.21. The second kappa shape index (κ2) is 7.86. The molecule has 2 aromatic rings. The van der Waals surface area contributed by atoms with Crippen LogP contribution in [0.2, 0.25) is 0 Å². The van der Waals surface area contributed by atoms with E-state index in [9.17, 15) is 9.18 Å². The number of halogens is 2. The van der Waals surface area contributed by atoms with Crippen molar-refractivity contribution in [2.75, 3.05) is 18.9 Å². The van der Waals surface area contributed by atoms with Crippen molar-refractivity contribution in [1.29, 1.82) is 0 Å². The molecule has 1 heterocycles. The molecule has 0 spiro atoms. The number of likely N-dealkylation sites (N-methyl/N-ethyl adjacent to an activating group) is 1. The molecule has 1 fully saturated rings. The fourth-order valence-electron chi connectivity index (χ4n) is 2.36. The Bertz CT molecular complexity index is 688. The minimum Gasteiger partial charge on any atom is -0.311 e. The second-order valence-electron chi connectivity index (χ2n) is 5.45. The molecule has 0 saturated heterocycles. The maximum Gasteiger partial charge on any atom is 0.240 e. The number of rotatable bonds is 6. The van der Waals surface area contributed by atoms with Gasteiger partial charge in [-0.15, -0.1) is 23.7 Å². The number of anilines is 1. The van der Waals surface area contributed by atoms with Crippen molar-refractivity contribution in [1.82, 2.24) is 10.3 Å². The second-order valence-corrected chi connectivity index (χ2v) is 6.53. The molecule has 1 saturated carbocycles. The molecule has 23 heavy (non-hydrogen) atoms. The Labute approximate surface area is 144 Å². The molecule has 0 aliphatic heterocycles. The number of hydrogen-bond acceptors (Lipinski definition) is 4. The van der Waals surface area contributed by atoms with Crippen LogP contribution in [0.1, 0.15) is 34.9 Å². The van der Waals surface area contributed by atoms with Crippen molar-refractivity contribution in [3.05, 3.63) is 46.2 Å². The monoisotopic (exact) mass is 355 g/mol. The van der Waals surface area contributed by atoms with Crippen LogP contribution in [0.25, 0.3) is 0 Å². The molecule has 0 atom stereocenters. The standard InChI is InChI=1S/C16H18FN3OS.ClH/c1-18-9-14(21)19-16-20-15(10-6-7-10)13(22-16)8-11-4-2-3-5-12(11)17;/h2-5,10,18H,6-9H2,1H3,(H,19,20,21);1H. The Balaban J connectivity index is 0.00000192. The van der Waals surface area contributed by atoms with Crippen molar-refractivity contribution < 1.29 is 9.18 Å². The first-order valence-electron chi connectivity index (χ1n) is 7.35. The molecule has 0 bridgehead atoms. The molecular formula is C16H19ClFN3OS. The predicted molar refractivity (Wildman–Crippen MR) is 93.1 cm³/mol. The molecule has 4 nitrogen and oxygen atoms in total. The highest BCUT2D eigenvalue weighted by Gasteiger charge is 2.30. The first kappa shape index (κ1) is 17.8. The van der Waals surface area contributed by atoms with E-state index in [-0.39, 0.29) is 30.7 Å². The number of benzene rings is 1. The Kier molecular flexibility index (Phi) is 6.10. The van der Waals surface area contributed by atoms with E-state index in [0.717, 1.165) is 23.4 Å². The highest BCUT2D eigenvalue weighted by molar-refractivity contribution is 7.15. The Morgan fingerprint density at radius 1 is 1.39 bits per heavy atom. The Morgan fingerprint density at radius 2 is 2.13 bits per heavy atom. The van der Waals surface area contributed by atoms with E-state index in [1.165, 1.54) is 17.4 Å². The van der Waals surface area contributed by atoms with Crippen LogP contribution in [0, 0.1) is 5.82 Å². The third-order valence-corrected chi connectivity index (χ3v) is 4.57. The number of amides is 1. The molecule has 124 valence electrons. The van der Waals surface area contributed by atoms with Gasteiger partial charge in [0.05, 0.1) is 12.2 Å². The molecule has 1 aromatic heterocycles. The zero-order valence-corrected chi connectivity index (χ0v) is 14.4. The third-order valence-electron chi connectivity index (χ3n) is 3.58. The summed E-state index contributed by atoms with van der Waals surface area (Å²) in [6.45, 7) is 0.251. The van der Waals surface area contributed by atoms with Gasteiger partial charge in [-0.05, 0) is 31.5 Å². The van der Waals surface area contributed by atoms with E-state index in [4.69, 9.17) is 0 Å². The van der Waals surface area contributed by atoms with Gasteiger partial charge in [-0.25, -0.2) is 9.37 Å². The van der Waals surface area contributed by atoms with Crippen molar-refractivity contribution in [2.24, 2.45) is 0 Å². The predicted octanol–water partition coefficient (Wildman–Crippen LogP) is 3.33. The van der Waals surface area contributed by atoms with Crippen molar-refractivity contribution in [2.45, 2.75) is 25.2 Å². The summed E-state index contributed by atoms with van der Waals surface area (Å²) in [4.78, 5) is 17.3. The van der Waals surface area contributed by atoms with Crippen LogP contribution in [0.4, 0.5) is 9.52 Å². The SMILES string of the molecule is CNCC(=O)Nc1nc(C2CC2)c(Cc2ccccc2F)s1.Cl. The molecule has 1 aliphatic rings. The topological polar surface area (TPSA) is 54.0 Å². The number of thiazole rings is 1. The van der Waals surface area contributed by atoms with Gasteiger partial charge >= 0.3 is 0 Å². The minimum absolute atomic E-state index is 0. The van der Waals surface area contributed by atoms with Crippen LogP contribution >= 0.6 is 23.7 Å². The van der Waals surface area contributed by atoms with Gasteiger partial charge in [0.2, 0.25) is 5.91 Å². The molecule has 0 radical (unpaired) electrons. The largest absolute Gasteiger partial charge is 0.311 e. The highest BCUT2D eigenvalue weighted by atomic mass is 35.5. The quantitative estimate of drug-likeness (QED) is 0.835. The molecule has 3 rings (SSSR count). The van der Waals surface area contributed by atoms with E-state index in [1.54, 1.807) is 19.2 Å². The van der Waals surface area contributed by atoms with Crippen molar-refractivity contribution in [3.8, 4) is 0 Å². The minimum atomic E-state index is -0.196. The van der Waals surface area contributed by atoms with Gasteiger partial charge in [0.25, 0.3) is 0 Å². The van der Waals surface area contributed by atoms with Gasteiger partial charge in [0.1, 0.15) is 5.82 Å². The lowest BCUT2D eigenvalue weighted by atomic mass is 10.1. The lowest BCUT2D eigenvalue weighted by molar-refractivity contribution is -0.115. The van der Waals surface area contributed by atoms with Crippen molar-refractivity contribution in [3.63, 3.8) is 0 Å². The van der Waals surface area contributed by atoms with Crippen LogP contribution in [-0.2, 0) is 11.2 Å². The van der Waals surface area contributed by atoms with Gasteiger partial charge in [0, 0.05) is 17.2 Å². The molecule has 7 heteroatoms. The molecule has 2 N–H and O–H groups in total. The molecule has 0 unspecified atom stereocenters. The zero-order chi connectivity index (χ0) is 15.5. The number of aromatic nitrogens is 1. The lowest BCUT2D eigenvalue weighted by Gasteiger charge is -2.02. The van der Waals surface area contributed by atoms with Crippen LogP contribution < -0.4 is 10.6 Å². The molecule has 1 aromatic carbocycles. The summed E-state index contributed by atoms with van der Waals surface area (Å²) in [6, 6.07) is 6.80. The van der Waals surface area contributed by atoms with Crippen LogP contribution in [0.3, 0.4) is 0 Å². The molecular weight excluding hydrogens is 337 g/mol. The smallest absolute Gasteiger partial charge is 0.240 e. The Morgan fingerprint density at radius 3 is 2.78 bits per heavy atom. The zero-order valence-electron chi connectivity index (χ0n) is 12.8. The fraction of sp³-hybridized carbons (Fsp3) is 0.375. The Hall–Kier alpha value is -1.50. The maximum absolute atomic E-state index is 13.8. The van der Waals surface area contributed by atoms with Gasteiger partial charge in [-0.1, -0.05) is 18.2 Å². The number of nitrogens with zero attached hydrogens (tertiary/aromatic N) is 1. The summed E-state index contributed by atoms with van der Waals surface area (Å²) in [5.41, 5.74) is 1.69. The number of hydrogen-bond donors (Lipinski definition) is 2. The summed E-state index contributed by atoms with van der Waals surface area (Å²) in [5.74, 6) is 0.155. The van der Waals surface area contributed by atoms with E-state index in [2.05, 4.69) is 15.6 Å². The highest BCUT2D eigenvalue weighted by Crippen LogP contribution is 2.44.